The van der Waals surface area contributed by atoms with E-state index in [1.54, 1.807) is 24.3 Å². The molecule has 0 saturated carbocycles. The summed E-state index contributed by atoms with van der Waals surface area (Å²) in [6, 6.07) is 7.00. The summed E-state index contributed by atoms with van der Waals surface area (Å²) in [5.41, 5.74) is 1.31. The third kappa shape index (κ3) is 8.16. The number of rotatable bonds is 12. The first-order valence-electron chi connectivity index (χ1n) is 9.39. The van der Waals surface area contributed by atoms with Crippen molar-refractivity contribution in [2.75, 3.05) is 25.1 Å². The molecular weight excluding hydrogens is 316 g/mol. The van der Waals surface area contributed by atoms with Crippen LogP contribution in [0, 0.1) is 5.92 Å². The van der Waals surface area contributed by atoms with E-state index in [0.717, 1.165) is 44.4 Å². The minimum absolute atomic E-state index is 0.0301. The highest BCUT2D eigenvalue weighted by atomic mass is 16.5. The Hall–Kier alpha value is -1.88. The van der Waals surface area contributed by atoms with Gasteiger partial charge in [0.25, 0.3) is 5.91 Å². The zero-order valence-electron chi connectivity index (χ0n) is 15.8. The summed E-state index contributed by atoms with van der Waals surface area (Å²) in [4.78, 5) is 24.1. The molecule has 0 aliphatic rings. The topological polar surface area (TPSA) is 67.4 Å². The normalized spacial score (nSPS) is 10.7. The number of ether oxygens (including phenoxy) is 1. The second-order valence-electron chi connectivity index (χ2n) is 6.16. The van der Waals surface area contributed by atoms with Crippen LogP contribution >= 0.6 is 0 Å². The number of hydrogen-bond acceptors (Lipinski definition) is 3. The van der Waals surface area contributed by atoms with Crippen LogP contribution in [0.4, 0.5) is 5.69 Å². The van der Waals surface area contributed by atoms with Crippen molar-refractivity contribution in [3.63, 3.8) is 0 Å². The summed E-state index contributed by atoms with van der Waals surface area (Å²) in [5.74, 6) is -0.0424. The van der Waals surface area contributed by atoms with Crippen molar-refractivity contribution in [3.05, 3.63) is 29.8 Å². The van der Waals surface area contributed by atoms with Gasteiger partial charge in [0, 0.05) is 36.9 Å². The first-order valence-corrected chi connectivity index (χ1v) is 9.39. The van der Waals surface area contributed by atoms with Gasteiger partial charge in [-0.1, -0.05) is 27.2 Å². The second-order valence-corrected chi connectivity index (χ2v) is 6.16. The van der Waals surface area contributed by atoms with Crippen molar-refractivity contribution in [1.82, 2.24) is 5.32 Å². The zero-order chi connectivity index (χ0) is 18.5. The van der Waals surface area contributed by atoms with Gasteiger partial charge in [-0.25, -0.2) is 0 Å². The Labute approximate surface area is 151 Å². The Kier molecular flexibility index (Phi) is 10.6. The SMILES string of the molecule is CCCCOCCCNC(=O)c1ccc(NC(=O)C(CC)CC)cc1. The van der Waals surface area contributed by atoms with Gasteiger partial charge >= 0.3 is 0 Å². The molecule has 140 valence electrons. The fourth-order valence-electron chi connectivity index (χ4n) is 2.44. The molecule has 0 spiro atoms. The molecule has 2 N–H and O–H groups in total. The zero-order valence-corrected chi connectivity index (χ0v) is 15.8. The molecule has 2 amide bonds. The van der Waals surface area contributed by atoms with E-state index in [-0.39, 0.29) is 17.7 Å². The van der Waals surface area contributed by atoms with E-state index < -0.39 is 0 Å². The lowest BCUT2D eigenvalue weighted by molar-refractivity contribution is -0.120. The molecule has 25 heavy (non-hydrogen) atoms. The maximum absolute atomic E-state index is 12.1. The van der Waals surface area contributed by atoms with Gasteiger partial charge < -0.3 is 15.4 Å². The van der Waals surface area contributed by atoms with E-state index in [2.05, 4.69) is 17.6 Å². The molecule has 0 radical (unpaired) electrons. The summed E-state index contributed by atoms with van der Waals surface area (Å²) in [7, 11) is 0. The highest BCUT2D eigenvalue weighted by Gasteiger charge is 2.14. The number of anilines is 1. The van der Waals surface area contributed by atoms with E-state index in [9.17, 15) is 9.59 Å². The average Bonchev–Trinajstić information content (AvgIpc) is 2.62. The molecule has 0 atom stereocenters. The Morgan fingerprint density at radius 3 is 2.24 bits per heavy atom. The van der Waals surface area contributed by atoms with Gasteiger partial charge in [-0.05, 0) is 49.9 Å². The third-order valence-corrected chi connectivity index (χ3v) is 4.16. The van der Waals surface area contributed by atoms with Crippen LogP contribution in [0.25, 0.3) is 0 Å². The Morgan fingerprint density at radius 2 is 1.64 bits per heavy atom. The summed E-state index contributed by atoms with van der Waals surface area (Å²) < 4.78 is 5.46. The highest BCUT2D eigenvalue weighted by molar-refractivity contribution is 5.96. The Balaban J connectivity index is 2.35. The molecule has 0 aliphatic heterocycles. The number of benzene rings is 1. The first-order chi connectivity index (χ1) is 12.1. The first kappa shape index (κ1) is 21.2. The number of unbranched alkanes of at least 4 members (excludes halogenated alkanes) is 1. The highest BCUT2D eigenvalue weighted by Crippen LogP contribution is 2.14. The standard InChI is InChI=1S/C20H32N2O3/c1-4-7-14-25-15-8-13-21-19(23)17-9-11-18(12-10-17)22-20(24)16(5-2)6-3/h9-12,16H,4-8,13-15H2,1-3H3,(H,21,23)(H,22,24). The fourth-order valence-corrected chi connectivity index (χ4v) is 2.44. The Bertz CT molecular complexity index is 510. The average molecular weight is 348 g/mol. The molecule has 1 aromatic carbocycles. The summed E-state index contributed by atoms with van der Waals surface area (Å²) in [6.45, 7) is 8.20. The lowest BCUT2D eigenvalue weighted by Crippen LogP contribution is -2.25. The molecule has 1 rings (SSSR count). The van der Waals surface area contributed by atoms with E-state index in [0.29, 0.717) is 18.7 Å². The Morgan fingerprint density at radius 1 is 1.00 bits per heavy atom. The third-order valence-electron chi connectivity index (χ3n) is 4.16. The lowest BCUT2D eigenvalue weighted by atomic mass is 10.0. The van der Waals surface area contributed by atoms with Crippen LogP contribution in [-0.4, -0.2) is 31.6 Å². The van der Waals surface area contributed by atoms with Crippen LogP contribution < -0.4 is 10.6 Å². The number of amides is 2. The summed E-state index contributed by atoms with van der Waals surface area (Å²) in [5, 5.41) is 5.78. The van der Waals surface area contributed by atoms with Crippen molar-refractivity contribution >= 4 is 17.5 Å². The van der Waals surface area contributed by atoms with Crippen molar-refractivity contribution in [2.24, 2.45) is 5.92 Å². The largest absolute Gasteiger partial charge is 0.381 e. The molecule has 0 unspecified atom stereocenters. The van der Waals surface area contributed by atoms with Crippen LogP contribution in [0.2, 0.25) is 0 Å². The number of carbonyl (C=O) groups is 2. The quantitative estimate of drug-likeness (QED) is 0.561. The molecule has 5 nitrogen and oxygen atoms in total. The van der Waals surface area contributed by atoms with E-state index in [4.69, 9.17) is 4.74 Å². The second kappa shape index (κ2) is 12.5. The van der Waals surface area contributed by atoms with Gasteiger partial charge in [0.2, 0.25) is 5.91 Å². The number of carbonyl (C=O) groups excluding carboxylic acids is 2. The van der Waals surface area contributed by atoms with Crippen LogP contribution in [0.15, 0.2) is 24.3 Å². The van der Waals surface area contributed by atoms with E-state index in [1.165, 1.54) is 0 Å². The van der Waals surface area contributed by atoms with Gasteiger partial charge in [-0.15, -0.1) is 0 Å². The molecule has 5 heteroatoms. The van der Waals surface area contributed by atoms with Crippen LogP contribution in [0.1, 0.15) is 63.2 Å². The van der Waals surface area contributed by atoms with Gasteiger partial charge in [0.1, 0.15) is 0 Å². The van der Waals surface area contributed by atoms with Gasteiger partial charge in [0.15, 0.2) is 0 Å². The number of hydrogen-bond donors (Lipinski definition) is 2. The fraction of sp³-hybridized carbons (Fsp3) is 0.600. The predicted octanol–water partition coefficient (Wildman–Crippen LogP) is 4.00. The summed E-state index contributed by atoms with van der Waals surface area (Å²) in [6.07, 6.45) is 4.66. The molecular formula is C20H32N2O3. The van der Waals surface area contributed by atoms with E-state index in [1.807, 2.05) is 13.8 Å². The molecule has 0 saturated heterocycles. The van der Waals surface area contributed by atoms with Crippen molar-refractivity contribution < 1.29 is 14.3 Å². The minimum Gasteiger partial charge on any atom is -0.381 e. The molecule has 0 aromatic heterocycles. The molecule has 0 fully saturated rings. The summed E-state index contributed by atoms with van der Waals surface area (Å²) >= 11 is 0. The van der Waals surface area contributed by atoms with Gasteiger partial charge in [-0.2, -0.15) is 0 Å². The van der Waals surface area contributed by atoms with Crippen molar-refractivity contribution in [1.29, 1.82) is 0 Å². The van der Waals surface area contributed by atoms with E-state index >= 15 is 0 Å². The molecule has 0 aliphatic carbocycles. The van der Waals surface area contributed by atoms with Crippen molar-refractivity contribution in [3.8, 4) is 0 Å². The van der Waals surface area contributed by atoms with Crippen LogP contribution in [0.3, 0.4) is 0 Å². The molecule has 1 aromatic rings. The monoisotopic (exact) mass is 348 g/mol. The predicted molar refractivity (Wildman–Crippen MR) is 102 cm³/mol. The molecule has 0 bridgehead atoms. The minimum atomic E-state index is -0.105. The maximum atomic E-state index is 12.1. The smallest absolute Gasteiger partial charge is 0.251 e. The maximum Gasteiger partial charge on any atom is 0.251 e. The van der Waals surface area contributed by atoms with Gasteiger partial charge in [-0.3, -0.25) is 9.59 Å². The molecule has 0 heterocycles. The van der Waals surface area contributed by atoms with Crippen LogP contribution in [-0.2, 0) is 9.53 Å². The van der Waals surface area contributed by atoms with Crippen LogP contribution in [0.5, 0.6) is 0 Å². The number of nitrogens with one attached hydrogen (secondary N) is 2. The van der Waals surface area contributed by atoms with Gasteiger partial charge in [0.05, 0.1) is 0 Å². The van der Waals surface area contributed by atoms with Crippen molar-refractivity contribution in [2.45, 2.75) is 52.9 Å². The lowest BCUT2D eigenvalue weighted by Gasteiger charge is -2.13.